The number of benzene rings is 1. The van der Waals surface area contributed by atoms with Gasteiger partial charge in [-0.3, -0.25) is 9.59 Å². The number of hydrogen-bond donors (Lipinski definition) is 1. The maximum absolute atomic E-state index is 12.4. The Hall–Kier alpha value is -3.22. The van der Waals surface area contributed by atoms with Crippen molar-refractivity contribution in [2.24, 2.45) is 0 Å². The number of ketones is 1. The highest BCUT2D eigenvalue weighted by Crippen LogP contribution is 2.37. The van der Waals surface area contributed by atoms with Gasteiger partial charge >= 0.3 is 0 Å². The van der Waals surface area contributed by atoms with E-state index in [2.05, 4.69) is 15.3 Å². The van der Waals surface area contributed by atoms with Gasteiger partial charge in [-0.15, -0.1) is 0 Å². The summed E-state index contributed by atoms with van der Waals surface area (Å²) in [5, 5.41) is 2.81. The van der Waals surface area contributed by atoms with Gasteiger partial charge in [0.25, 0.3) is 5.91 Å². The van der Waals surface area contributed by atoms with Crippen LogP contribution >= 0.6 is 0 Å². The lowest BCUT2D eigenvalue weighted by molar-refractivity contribution is -0.131. The van der Waals surface area contributed by atoms with Crippen molar-refractivity contribution in [3.05, 3.63) is 54.1 Å². The number of allylic oxidation sites excluding steroid dienone is 1. The number of hydrogen-bond acceptors (Lipinski definition) is 6. The standard InChI is InChI=1S/C21H21N3O4/c1-21(2)11-14(25)10-17(28-21)20(26)24-12-15-9-13-5-3-6-16(18(13)27-15)19-22-7-4-8-23-19/h3-8,10,15H,9,11-12H2,1-2H3,(H,24,26)/t15-/m1/s1. The minimum Gasteiger partial charge on any atom is -0.487 e. The van der Waals surface area contributed by atoms with E-state index < -0.39 is 11.5 Å². The summed E-state index contributed by atoms with van der Waals surface area (Å²) in [5.41, 5.74) is 1.20. The van der Waals surface area contributed by atoms with Crippen molar-refractivity contribution in [1.29, 1.82) is 0 Å². The third kappa shape index (κ3) is 3.74. The summed E-state index contributed by atoms with van der Waals surface area (Å²) in [6, 6.07) is 7.63. The summed E-state index contributed by atoms with van der Waals surface area (Å²) in [4.78, 5) is 32.8. The first-order chi connectivity index (χ1) is 13.4. The van der Waals surface area contributed by atoms with Gasteiger partial charge in [-0.1, -0.05) is 12.1 Å². The Kier molecular flexibility index (Phi) is 4.58. The molecular weight excluding hydrogens is 358 g/mol. The first-order valence-corrected chi connectivity index (χ1v) is 9.19. The molecule has 28 heavy (non-hydrogen) atoms. The quantitative estimate of drug-likeness (QED) is 0.876. The van der Waals surface area contributed by atoms with Crippen LogP contribution in [0.4, 0.5) is 0 Å². The fraction of sp³-hybridized carbons (Fsp3) is 0.333. The van der Waals surface area contributed by atoms with Gasteiger partial charge in [-0.2, -0.15) is 0 Å². The normalized spacial score (nSPS) is 19.9. The molecule has 0 saturated carbocycles. The maximum Gasteiger partial charge on any atom is 0.286 e. The number of carbonyl (C=O) groups is 2. The number of nitrogens with one attached hydrogen (secondary N) is 1. The van der Waals surface area contributed by atoms with Crippen LogP contribution in [-0.4, -0.2) is 39.9 Å². The molecule has 1 atom stereocenters. The van der Waals surface area contributed by atoms with Gasteiger partial charge in [0, 0.05) is 31.3 Å². The molecule has 2 aliphatic rings. The maximum atomic E-state index is 12.4. The van der Waals surface area contributed by atoms with E-state index in [-0.39, 0.29) is 24.1 Å². The molecule has 7 heteroatoms. The molecule has 0 radical (unpaired) electrons. The molecule has 1 aromatic heterocycles. The SMILES string of the molecule is CC1(C)CC(=O)C=C(C(=O)NC[C@H]2Cc3cccc(-c4ncccn4)c3O2)O1. The lowest BCUT2D eigenvalue weighted by atomic mass is 9.98. The van der Waals surface area contributed by atoms with Crippen molar-refractivity contribution in [2.45, 2.75) is 38.4 Å². The van der Waals surface area contributed by atoms with Gasteiger partial charge in [0.2, 0.25) is 0 Å². The van der Waals surface area contributed by atoms with Gasteiger partial charge < -0.3 is 14.8 Å². The van der Waals surface area contributed by atoms with Crippen molar-refractivity contribution in [2.75, 3.05) is 6.54 Å². The van der Waals surface area contributed by atoms with Crippen LogP contribution in [0.15, 0.2) is 48.5 Å². The van der Waals surface area contributed by atoms with Crippen molar-refractivity contribution >= 4 is 11.7 Å². The third-order valence-corrected chi connectivity index (χ3v) is 4.63. The minimum absolute atomic E-state index is 0.0511. The number of fused-ring (bicyclic) bond motifs is 1. The fourth-order valence-corrected chi connectivity index (χ4v) is 3.45. The topological polar surface area (TPSA) is 90.4 Å². The lowest BCUT2D eigenvalue weighted by Crippen LogP contribution is -2.40. The summed E-state index contributed by atoms with van der Waals surface area (Å²) in [5.74, 6) is 0.879. The highest BCUT2D eigenvalue weighted by atomic mass is 16.5. The van der Waals surface area contributed by atoms with Crippen molar-refractivity contribution < 1.29 is 19.1 Å². The monoisotopic (exact) mass is 379 g/mol. The van der Waals surface area contributed by atoms with Gasteiger partial charge in [-0.05, 0) is 31.5 Å². The van der Waals surface area contributed by atoms with E-state index in [1.807, 2.05) is 18.2 Å². The van der Waals surface area contributed by atoms with E-state index in [0.717, 1.165) is 16.9 Å². The van der Waals surface area contributed by atoms with Gasteiger partial charge in [-0.25, -0.2) is 9.97 Å². The Labute approximate surface area is 162 Å². The molecule has 0 unspecified atom stereocenters. The zero-order valence-electron chi connectivity index (χ0n) is 15.8. The second-order valence-electron chi connectivity index (χ2n) is 7.53. The Balaban J connectivity index is 1.42. The molecule has 0 saturated heterocycles. The Morgan fingerprint density at radius 2 is 2.04 bits per heavy atom. The lowest BCUT2D eigenvalue weighted by Gasteiger charge is -2.29. The summed E-state index contributed by atoms with van der Waals surface area (Å²) in [7, 11) is 0. The van der Waals surface area contributed by atoms with Crippen LogP contribution in [0.3, 0.4) is 0 Å². The predicted octanol–water partition coefficient (Wildman–Crippen LogP) is 2.22. The molecule has 2 aromatic rings. The highest BCUT2D eigenvalue weighted by molar-refractivity contribution is 6.01. The summed E-state index contributed by atoms with van der Waals surface area (Å²) in [6.07, 6.45) is 5.35. The largest absolute Gasteiger partial charge is 0.487 e. The van der Waals surface area contributed by atoms with Crippen LogP contribution in [0.5, 0.6) is 5.75 Å². The van der Waals surface area contributed by atoms with Crippen LogP contribution in [0.1, 0.15) is 25.8 Å². The molecule has 0 bridgehead atoms. The van der Waals surface area contributed by atoms with E-state index >= 15 is 0 Å². The zero-order valence-corrected chi connectivity index (χ0v) is 15.8. The molecule has 1 aromatic carbocycles. The molecule has 2 aliphatic heterocycles. The zero-order chi connectivity index (χ0) is 19.7. The number of amides is 1. The Morgan fingerprint density at radius 1 is 1.25 bits per heavy atom. The van der Waals surface area contributed by atoms with Crippen molar-refractivity contribution in [3.63, 3.8) is 0 Å². The molecule has 0 spiro atoms. The van der Waals surface area contributed by atoms with Crippen molar-refractivity contribution in [1.82, 2.24) is 15.3 Å². The van der Waals surface area contributed by atoms with Crippen LogP contribution in [-0.2, 0) is 20.7 Å². The second kappa shape index (κ2) is 7.07. The first kappa shape index (κ1) is 18.2. The molecule has 1 amide bonds. The summed E-state index contributed by atoms with van der Waals surface area (Å²) in [6.45, 7) is 3.88. The molecule has 3 heterocycles. The van der Waals surface area contributed by atoms with E-state index in [9.17, 15) is 9.59 Å². The van der Waals surface area contributed by atoms with E-state index in [1.54, 1.807) is 32.3 Å². The summed E-state index contributed by atoms with van der Waals surface area (Å²) < 4.78 is 11.7. The van der Waals surface area contributed by atoms with Crippen LogP contribution in [0.2, 0.25) is 0 Å². The Bertz CT molecular complexity index is 953. The van der Waals surface area contributed by atoms with Gasteiger partial charge in [0.1, 0.15) is 17.5 Å². The number of nitrogens with zero attached hydrogens (tertiary/aromatic N) is 2. The number of rotatable bonds is 4. The molecular formula is C21H21N3O4. The molecule has 144 valence electrons. The van der Waals surface area contributed by atoms with Gasteiger partial charge in [0.05, 0.1) is 12.1 Å². The molecule has 0 aliphatic carbocycles. The predicted molar refractivity (Wildman–Crippen MR) is 101 cm³/mol. The molecule has 0 fully saturated rings. The average Bonchev–Trinajstić information content (AvgIpc) is 3.08. The number of ether oxygens (including phenoxy) is 2. The first-order valence-electron chi connectivity index (χ1n) is 9.19. The number of aromatic nitrogens is 2. The van der Waals surface area contributed by atoms with E-state index in [1.165, 1.54) is 6.08 Å². The smallest absolute Gasteiger partial charge is 0.286 e. The van der Waals surface area contributed by atoms with E-state index in [0.29, 0.717) is 18.8 Å². The molecule has 7 nitrogen and oxygen atoms in total. The minimum atomic E-state index is -0.677. The van der Waals surface area contributed by atoms with Crippen LogP contribution in [0, 0.1) is 0 Å². The highest BCUT2D eigenvalue weighted by Gasteiger charge is 2.32. The van der Waals surface area contributed by atoms with Crippen molar-refractivity contribution in [3.8, 4) is 17.1 Å². The second-order valence-corrected chi connectivity index (χ2v) is 7.53. The third-order valence-electron chi connectivity index (χ3n) is 4.63. The van der Waals surface area contributed by atoms with Crippen LogP contribution < -0.4 is 10.1 Å². The van der Waals surface area contributed by atoms with Gasteiger partial charge in [0.15, 0.2) is 17.4 Å². The number of carbonyl (C=O) groups excluding carboxylic acids is 2. The fourth-order valence-electron chi connectivity index (χ4n) is 3.45. The van der Waals surface area contributed by atoms with E-state index in [4.69, 9.17) is 9.47 Å². The molecule has 1 N–H and O–H groups in total. The van der Waals surface area contributed by atoms with Crippen LogP contribution in [0.25, 0.3) is 11.4 Å². The average molecular weight is 379 g/mol. The molecule has 4 rings (SSSR count). The summed E-state index contributed by atoms with van der Waals surface area (Å²) >= 11 is 0. The Morgan fingerprint density at radius 3 is 2.79 bits per heavy atom. The number of para-hydroxylation sites is 1.